The van der Waals surface area contributed by atoms with Crippen molar-refractivity contribution in [2.75, 3.05) is 31.1 Å². The van der Waals surface area contributed by atoms with Gasteiger partial charge in [0.1, 0.15) is 17.0 Å². The van der Waals surface area contributed by atoms with Crippen molar-refractivity contribution in [3.8, 4) is 0 Å². The van der Waals surface area contributed by atoms with E-state index in [1.165, 1.54) is 18.5 Å². The van der Waals surface area contributed by atoms with Crippen molar-refractivity contribution in [1.29, 1.82) is 0 Å². The monoisotopic (exact) mass is 511 g/mol. The molecule has 0 aliphatic carbocycles. The molecule has 4 heterocycles. The van der Waals surface area contributed by atoms with E-state index >= 15 is 0 Å². The van der Waals surface area contributed by atoms with Crippen molar-refractivity contribution in [2.24, 2.45) is 10.6 Å². The van der Waals surface area contributed by atoms with Crippen LogP contribution in [0.4, 0.5) is 19.0 Å². The highest BCUT2D eigenvalue weighted by Crippen LogP contribution is 2.43. The molecule has 0 radical (unpaired) electrons. The molecule has 2 fully saturated rings. The van der Waals surface area contributed by atoms with Crippen LogP contribution in [0.2, 0.25) is 0 Å². The molecule has 0 saturated carbocycles. The van der Waals surface area contributed by atoms with Gasteiger partial charge in [-0.25, -0.2) is 23.5 Å². The molecule has 3 aromatic rings. The van der Waals surface area contributed by atoms with Crippen molar-refractivity contribution < 1.29 is 21.6 Å². The topological polar surface area (TPSA) is 92.4 Å². The number of halogens is 3. The summed E-state index contributed by atoms with van der Waals surface area (Å²) in [6.07, 6.45) is -1.76. The number of likely N-dealkylation sites (tertiary alicyclic amines) is 1. The Hall–Kier alpha value is -2.28. The molecule has 2 N–H and O–H groups in total. The molecule has 2 aromatic heterocycles. The first-order chi connectivity index (χ1) is 16.0. The summed E-state index contributed by atoms with van der Waals surface area (Å²) in [7, 11) is -3.71. The molecule has 34 heavy (non-hydrogen) atoms. The first kappa shape index (κ1) is 23.5. The Balaban J connectivity index is 1.27. The van der Waals surface area contributed by atoms with Gasteiger partial charge in [0, 0.05) is 36.5 Å². The summed E-state index contributed by atoms with van der Waals surface area (Å²) in [6.45, 7) is 4.14. The Morgan fingerprint density at radius 2 is 1.82 bits per heavy atom. The standard InChI is InChI=1S/C22H24F3N5O2S2/c23-22(24,25)10-16-9-18-19(27-14-28-20(18)33-16)30-8-6-21(13-30)5-7-29(12-21)11-15-1-3-17(4-2-15)34(26,31)32/h1-4,9,14H,5-8,10-13H2,(H2,26,31,32). The number of benzene rings is 1. The molecule has 2 aliphatic heterocycles. The Labute approximate surface area is 199 Å². The van der Waals surface area contributed by atoms with Gasteiger partial charge in [-0.1, -0.05) is 12.1 Å². The Morgan fingerprint density at radius 1 is 1.09 bits per heavy atom. The minimum atomic E-state index is -4.25. The molecular formula is C22H24F3N5O2S2. The molecule has 12 heteroatoms. The zero-order valence-electron chi connectivity index (χ0n) is 18.3. The predicted octanol–water partition coefficient (Wildman–Crippen LogP) is 3.55. The number of hydrogen-bond donors (Lipinski definition) is 1. The average molecular weight is 512 g/mol. The molecule has 7 nitrogen and oxygen atoms in total. The summed E-state index contributed by atoms with van der Waals surface area (Å²) in [5.74, 6) is 0.712. The second-order valence-electron chi connectivity index (χ2n) is 9.24. The molecule has 2 aliphatic rings. The number of hydrogen-bond acceptors (Lipinski definition) is 7. The van der Waals surface area contributed by atoms with Crippen molar-refractivity contribution in [3.63, 3.8) is 0 Å². The fourth-order valence-electron chi connectivity index (χ4n) is 5.08. The number of anilines is 1. The fraction of sp³-hybridized carbons (Fsp3) is 0.455. The fourth-order valence-corrected chi connectivity index (χ4v) is 6.62. The molecule has 1 atom stereocenters. The third-order valence-corrected chi connectivity index (χ3v) is 8.62. The number of nitrogens with zero attached hydrogens (tertiary/aromatic N) is 4. The Morgan fingerprint density at radius 3 is 2.53 bits per heavy atom. The Bertz CT molecular complexity index is 1310. The number of sulfonamides is 1. The number of nitrogens with two attached hydrogens (primary N) is 1. The zero-order valence-corrected chi connectivity index (χ0v) is 19.9. The van der Waals surface area contributed by atoms with Gasteiger partial charge in [0.25, 0.3) is 0 Å². The number of primary sulfonamides is 1. The van der Waals surface area contributed by atoms with Crippen LogP contribution in [0.1, 0.15) is 23.3 Å². The van der Waals surface area contributed by atoms with Gasteiger partial charge >= 0.3 is 6.18 Å². The maximum absolute atomic E-state index is 12.9. The van der Waals surface area contributed by atoms with Crippen LogP contribution in [0.3, 0.4) is 0 Å². The van der Waals surface area contributed by atoms with Crippen molar-refractivity contribution >= 4 is 37.4 Å². The van der Waals surface area contributed by atoms with Crippen LogP contribution in [0, 0.1) is 5.41 Å². The summed E-state index contributed by atoms with van der Waals surface area (Å²) in [6, 6.07) is 8.22. The van der Waals surface area contributed by atoms with Crippen LogP contribution < -0.4 is 10.0 Å². The van der Waals surface area contributed by atoms with Crippen LogP contribution >= 0.6 is 11.3 Å². The van der Waals surface area contributed by atoms with E-state index in [0.29, 0.717) is 16.0 Å². The highest BCUT2D eigenvalue weighted by atomic mass is 32.2. The van der Waals surface area contributed by atoms with E-state index in [-0.39, 0.29) is 15.2 Å². The predicted molar refractivity (Wildman–Crippen MR) is 124 cm³/mol. The van der Waals surface area contributed by atoms with Gasteiger partial charge < -0.3 is 4.90 Å². The van der Waals surface area contributed by atoms with Crippen LogP contribution in [0.5, 0.6) is 0 Å². The number of rotatable bonds is 5. The highest BCUT2D eigenvalue weighted by molar-refractivity contribution is 7.89. The molecule has 1 unspecified atom stereocenters. The number of alkyl halides is 3. The van der Waals surface area contributed by atoms with Gasteiger partial charge in [-0.15, -0.1) is 11.3 Å². The van der Waals surface area contributed by atoms with Crippen LogP contribution in [0.25, 0.3) is 10.2 Å². The molecular weight excluding hydrogens is 487 g/mol. The zero-order chi connectivity index (χ0) is 24.1. The van der Waals surface area contributed by atoms with Crippen LogP contribution in [-0.4, -0.2) is 55.6 Å². The van der Waals surface area contributed by atoms with Gasteiger partial charge in [0.05, 0.1) is 16.7 Å². The van der Waals surface area contributed by atoms with E-state index in [1.807, 2.05) is 0 Å². The van der Waals surface area contributed by atoms with Gasteiger partial charge in [-0.3, -0.25) is 4.90 Å². The number of aromatic nitrogens is 2. The van der Waals surface area contributed by atoms with E-state index in [2.05, 4.69) is 19.8 Å². The van der Waals surface area contributed by atoms with Crippen LogP contribution in [0.15, 0.2) is 41.6 Å². The second-order valence-corrected chi connectivity index (χ2v) is 11.9. The summed E-state index contributed by atoms with van der Waals surface area (Å²) < 4.78 is 61.5. The van der Waals surface area contributed by atoms with E-state index in [1.54, 1.807) is 18.2 Å². The van der Waals surface area contributed by atoms with Gasteiger partial charge in [-0.2, -0.15) is 13.2 Å². The summed E-state index contributed by atoms with van der Waals surface area (Å²) in [4.78, 5) is 14.1. The lowest BCUT2D eigenvalue weighted by Crippen LogP contribution is -2.31. The molecule has 1 aromatic carbocycles. The maximum atomic E-state index is 12.9. The first-order valence-corrected chi connectivity index (χ1v) is 13.3. The molecule has 5 rings (SSSR count). The summed E-state index contributed by atoms with van der Waals surface area (Å²) in [5.41, 5.74) is 1.12. The van der Waals surface area contributed by atoms with Crippen molar-refractivity contribution in [1.82, 2.24) is 14.9 Å². The lowest BCUT2D eigenvalue weighted by molar-refractivity contribution is -0.126. The van der Waals surface area contributed by atoms with Gasteiger partial charge in [-0.05, 0) is 43.1 Å². The van der Waals surface area contributed by atoms with Crippen molar-refractivity contribution in [3.05, 3.63) is 47.1 Å². The van der Waals surface area contributed by atoms with E-state index in [0.717, 1.165) is 62.5 Å². The number of thiophene rings is 1. The highest BCUT2D eigenvalue weighted by Gasteiger charge is 2.44. The minimum Gasteiger partial charge on any atom is -0.355 e. The largest absolute Gasteiger partial charge is 0.393 e. The smallest absolute Gasteiger partial charge is 0.355 e. The lowest BCUT2D eigenvalue weighted by atomic mass is 9.86. The van der Waals surface area contributed by atoms with Crippen molar-refractivity contribution in [2.45, 2.75) is 36.9 Å². The third-order valence-electron chi connectivity index (χ3n) is 6.65. The lowest BCUT2D eigenvalue weighted by Gasteiger charge is -2.25. The third kappa shape index (κ3) is 4.90. The van der Waals surface area contributed by atoms with E-state index in [4.69, 9.17) is 5.14 Å². The van der Waals surface area contributed by atoms with Crippen LogP contribution in [-0.2, 0) is 23.0 Å². The van der Waals surface area contributed by atoms with Gasteiger partial charge in [0.15, 0.2) is 0 Å². The number of fused-ring (bicyclic) bond motifs is 1. The quantitative estimate of drug-likeness (QED) is 0.563. The molecule has 182 valence electrons. The van der Waals surface area contributed by atoms with E-state index < -0.39 is 22.6 Å². The SMILES string of the molecule is NS(=O)(=O)c1ccc(CN2CCC3(CCN(c4ncnc5sc(CC(F)(F)F)cc45)C3)C2)cc1. The molecule has 0 bridgehead atoms. The van der Waals surface area contributed by atoms with Gasteiger partial charge in [0.2, 0.25) is 10.0 Å². The molecule has 0 amide bonds. The van der Waals surface area contributed by atoms with E-state index in [9.17, 15) is 21.6 Å². The molecule has 1 spiro atoms. The second kappa shape index (κ2) is 8.43. The normalized spacial score (nSPS) is 21.8. The first-order valence-electron chi connectivity index (χ1n) is 10.9. The Kier molecular flexibility index (Phi) is 5.82. The summed E-state index contributed by atoms with van der Waals surface area (Å²) >= 11 is 1.07. The average Bonchev–Trinajstić information content (AvgIpc) is 3.45. The minimum absolute atomic E-state index is 0.0998. The molecule has 2 saturated heterocycles. The summed E-state index contributed by atoms with van der Waals surface area (Å²) in [5, 5.41) is 5.86. The maximum Gasteiger partial charge on any atom is 0.393 e.